The average Bonchev–Trinajstić information content (AvgIpc) is 2.62. The Labute approximate surface area is 155 Å². The Balaban J connectivity index is 0.00000196. The zero-order chi connectivity index (χ0) is 18.4. The highest BCUT2D eigenvalue weighted by Gasteiger charge is 2.13. The zero-order valence-electron chi connectivity index (χ0n) is 14.8. The van der Waals surface area contributed by atoms with Crippen LogP contribution in [-0.2, 0) is 4.74 Å². The van der Waals surface area contributed by atoms with Crippen LogP contribution in [0.1, 0.15) is 29.5 Å². The Morgan fingerprint density at radius 3 is 2.58 bits per heavy atom. The summed E-state index contributed by atoms with van der Waals surface area (Å²) in [7, 11) is 0. The molecule has 7 nitrogen and oxygen atoms in total. The van der Waals surface area contributed by atoms with Crippen molar-refractivity contribution in [1.29, 1.82) is 0 Å². The molecular formula is C19H25N5O2. The van der Waals surface area contributed by atoms with E-state index in [9.17, 15) is 4.79 Å². The number of anilines is 2. The fourth-order valence-electron chi connectivity index (χ4n) is 2.37. The first-order chi connectivity index (χ1) is 12.6. The lowest BCUT2D eigenvalue weighted by Gasteiger charge is -2.12. The molecule has 1 aromatic heterocycles. The molecule has 1 heterocycles. The van der Waals surface area contributed by atoms with Crippen molar-refractivity contribution < 1.29 is 12.4 Å². The summed E-state index contributed by atoms with van der Waals surface area (Å²) in [6.07, 6.45) is 7.28. The predicted molar refractivity (Wildman–Crippen MR) is 105 cm³/mol. The molecule has 0 aliphatic heterocycles. The lowest BCUT2D eigenvalue weighted by molar-refractivity contribution is 0.129. The van der Waals surface area contributed by atoms with Crippen LogP contribution in [0.5, 0.6) is 0 Å². The molecule has 0 saturated carbocycles. The Hall–Kier alpha value is -3.22. The van der Waals surface area contributed by atoms with Gasteiger partial charge in [-0.1, -0.05) is 42.5 Å². The maximum Gasteiger partial charge on any atom is 0.414 e. The molecule has 1 amide bonds. The van der Waals surface area contributed by atoms with E-state index in [-0.39, 0.29) is 14.9 Å². The van der Waals surface area contributed by atoms with Crippen LogP contribution in [0.3, 0.4) is 0 Å². The molecule has 1 aliphatic rings. The summed E-state index contributed by atoms with van der Waals surface area (Å²) in [5.74, 6) is 0.951. The molecule has 2 N–H and O–H groups in total. The molecule has 0 atom stereocenters. The first kappa shape index (κ1) is 17.6. The van der Waals surface area contributed by atoms with Crippen molar-refractivity contribution in [2.45, 2.75) is 32.8 Å². The number of hydrogen-bond acceptors (Lipinski definition) is 6. The SMILES string of the molecule is CC(C)OC(=O)Nc1nc(NC2=CCCC=C2)nc(-c2ccccc2)n1.[HH].[HH]. The normalized spacial score (nSPS) is 13.3. The van der Waals surface area contributed by atoms with Gasteiger partial charge in [-0.05, 0) is 32.8 Å². The van der Waals surface area contributed by atoms with Crippen LogP contribution >= 0.6 is 0 Å². The smallest absolute Gasteiger partial charge is 0.414 e. The molecule has 26 heavy (non-hydrogen) atoms. The number of nitrogens with zero attached hydrogens (tertiary/aromatic N) is 3. The summed E-state index contributed by atoms with van der Waals surface area (Å²) in [5, 5.41) is 5.73. The minimum atomic E-state index is -0.604. The van der Waals surface area contributed by atoms with Gasteiger partial charge in [-0.25, -0.2) is 4.79 Å². The van der Waals surface area contributed by atoms with Crippen LogP contribution in [-0.4, -0.2) is 27.1 Å². The maximum atomic E-state index is 11.9. The van der Waals surface area contributed by atoms with Gasteiger partial charge in [0.05, 0.1) is 6.10 Å². The molecule has 138 valence electrons. The van der Waals surface area contributed by atoms with E-state index in [0.717, 1.165) is 24.1 Å². The Morgan fingerprint density at radius 2 is 1.88 bits per heavy atom. The Morgan fingerprint density at radius 1 is 1.12 bits per heavy atom. The van der Waals surface area contributed by atoms with Crippen LogP contribution in [0.2, 0.25) is 0 Å². The highest BCUT2D eigenvalue weighted by Crippen LogP contribution is 2.19. The third-order valence-corrected chi connectivity index (χ3v) is 3.48. The van der Waals surface area contributed by atoms with Gasteiger partial charge in [-0.2, -0.15) is 15.0 Å². The number of allylic oxidation sites excluding steroid dienone is 3. The molecule has 2 aromatic rings. The molecule has 7 heteroatoms. The molecular weight excluding hydrogens is 330 g/mol. The highest BCUT2D eigenvalue weighted by molar-refractivity contribution is 5.82. The summed E-state index contributed by atoms with van der Waals surface area (Å²) in [4.78, 5) is 25.0. The second-order valence-electron chi connectivity index (χ2n) is 6.02. The maximum absolute atomic E-state index is 11.9. The quantitative estimate of drug-likeness (QED) is 0.812. The van der Waals surface area contributed by atoms with Crippen LogP contribution in [0.15, 0.2) is 54.3 Å². The van der Waals surface area contributed by atoms with Gasteiger partial charge in [0.15, 0.2) is 5.82 Å². The van der Waals surface area contributed by atoms with Crippen molar-refractivity contribution in [3.05, 3.63) is 54.3 Å². The number of hydrogen-bond donors (Lipinski definition) is 2. The third-order valence-electron chi connectivity index (χ3n) is 3.48. The van der Waals surface area contributed by atoms with E-state index in [0.29, 0.717) is 11.8 Å². The lowest BCUT2D eigenvalue weighted by Crippen LogP contribution is -2.20. The van der Waals surface area contributed by atoms with Gasteiger partial charge in [-0.3, -0.25) is 5.32 Å². The van der Waals surface area contributed by atoms with Gasteiger partial charge >= 0.3 is 6.09 Å². The molecule has 0 spiro atoms. The number of nitrogens with one attached hydrogen (secondary N) is 2. The summed E-state index contributed by atoms with van der Waals surface area (Å²) >= 11 is 0. The minimum Gasteiger partial charge on any atom is -0.447 e. The van der Waals surface area contributed by atoms with E-state index in [4.69, 9.17) is 4.74 Å². The summed E-state index contributed by atoms with van der Waals surface area (Å²) in [5.41, 5.74) is 1.74. The second kappa shape index (κ2) is 8.24. The number of amides is 1. The van der Waals surface area contributed by atoms with E-state index in [2.05, 4.69) is 37.7 Å². The third kappa shape index (κ3) is 4.89. The first-order valence-corrected chi connectivity index (χ1v) is 8.53. The van der Waals surface area contributed by atoms with Crippen molar-refractivity contribution in [3.8, 4) is 11.4 Å². The number of benzene rings is 1. The van der Waals surface area contributed by atoms with Gasteiger partial charge in [0.1, 0.15) is 0 Å². The topological polar surface area (TPSA) is 89.0 Å². The van der Waals surface area contributed by atoms with Crippen LogP contribution in [0.4, 0.5) is 16.7 Å². The standard InChI is InChI=1S/C19H21N5O2.2H2/c1-13(2)26-19(25)24-18-22-16(14-9-5-3-6-10-14)21-17(23-18)20-15-11-7-4-8-12-15;;/h3,5-7,9-13H,4,8H2,1-2H3,(H2,20,21,22,23,24,25);2*1H. The Kier molecular flexibility index (Phi) is 5.58. The Bertz CT molecular complexity index is 841. The van der Waals surface area contributed by atoms with E-state index >= 15 is 0 Å². The number of carbonyl (C=O) groups is 1. The van der Waals surface area contributed by atoms with Crippen LogP contribution < -0.4 is 10.6 Å². The van der Waals surface area contributed by atoms with Gasteiger partial charge in [0.2, 0.25) is 11.9 Å². The van der Waals surface area contributed by atoms with Crippen molar-refractivity contribution in [3.63, 3.8) is 0 Å². The number of rotatable bonds is 5. The summed E-state index contributed by atoms with van der Waals surface area (Å²) in [6, 6.07) is 9.52. The number of aromatic nitrogens is 3. The summed E-state index contributed by atoms with van der Waals surface area (Å²) in [6.45, 7) is 3.55. The van der Waals surface area contributed by atoms with Crippen molar-refractivity contribution >= 4 is 18.0 Å². The number of carbonyl (C=O) groups excluding carboxylic acids is 1. The minimum absolute atomic E-state index is 0. The van der Waals surface area contributed by atoms with E-state index < -0.39 is 6.09 Å². The van der Waals surface area contributed by atoms with Gasteiger partial charge in [-0.15, -0.1) is 0 Å². The van der Waals surface area contributed by atoms with Gasteiger partial charge in [0, 0.05) is 14.1 Å². The molecule has 0 radical (unpaired) electrons. The second-order valence-corrected chi connectivity index (χ2v) is 6.02. The van der Waals surface area contributed by atoms with Gasteiger partial charge in [0.25, 0.3) is 0 Å². The number of ether oxygens (including phenoxy) is 1. The monoisotopic (exact) mass is 355 g/mol. The van der Waals surface area contributed by atoms with Gasteiger partial charge < -0.3 is 10.1 Å². The largest absolute Gasteiger partial charge is 0.447 e. The molecule has 3 rings (SSSR count). The molecule has 0 fully saturated rings. The van der Waals surface area contributed by atoms with E-state index in [1.165, 1.54) is 0 Å². The molecule has 0 unspecified atom stereocenters. The molecule has 1 aromatic carbocycles. The highest BCUT2D eigenvalue weighted by atomic mass is 16.6. The van der Waals surface area contributed by atoms with E-state index in [1.54, 1.807) is 13.8 Å². The lowest BCUT2D eigenvalue weighted by atomic mass is 10.1. The predicted octanol–water partition coefficient (Wildman–Crippen LogP) is 4.63. The first-order valence-electron chi connectivity index (χ1n) is 8.53. The molecule has 1 aliphatic carbocycles. The van der Waals surface area contributed by atoms with Crippen molar-refractivity contribution in [2.24, 2.45) is 0 Å². The van der Waals surface area contributed by atoms with Crippen LogP contribution in [0.25, 0.3) is 11.4 Å². The zero-order valence-corrected chi connectivity index (χ0v) is 14.8. The fraction of sp³-hybridized carbons (Fsp3) is 0.263. The fourth-order valence-corrected chi connectivity index (χ4v) is 2.37. The molecule has 0 bridgehead atoms. The average molecular weight is 355 g/mol. The summed E-state index contributed by atoms with van der Waals surface area (Å²) < 4.78 is 5.10. The van der Waals surface area contributed by atoms with Crippen LogP contribution in [0, 0.1) is 0 Å². The molecule has 0 saturated heterocycles. The van der Waals surface area contributed by atoms with Crippen molar-refractivity contribution in [2.75, 3.05) is 10.6 Å². The van der Waals surface area contributed by atoms with Crippen molar-refractivity contribution in [1.82, 2.24) is 15.0 Å². The van der Waals surface area contributed by atoms with E-state index in [1.807, 2.05) is 36.4 Å².